The van der Waals surface area contributed by atoms with Crippen LogP contribution in [0.1, 0.15) is 0 Å². The van der Waals surface area contributed by atoms with Gasteiger partial charge in [0.25, 0.3) is 0 Å². The predicted octanol–water partition coefficient (Wildman–Crippen LogP) is 12.1. The molecule has 0 radical (unpaired) electrons. The average Bonchev–Trinajstić information content (AvgIpc) is 3.81. The van der Waals surface area contributed by atoms with Crippen molar-refractivity contribution in [2.75, 3.05) is 4.90 Å². The SMILES string of the molecule is c1ccc(N(c2cccc(-c3nsc(-c4ccc5sc6ccccc6c5c4)n3)c2)c2ccc3sc4ccccc4c3c2)cc1. The molecule has 0 atom stereocenters. The molecule has 0 bridgehead atoms. The highest BCUT2D eigenvalue weighted by atomic mass is 32.1. The first-order valence-corrected chi connectivity index (χ1v) is 16.8. The van der Waals surface area contributed by atoms with E-state index in [1.165, 1.54) is 51.9 Å². The summed E-state index contributed by atoms with van der Waals surface area (Å²) in [5.41, 5.74) is 5.38. The van der Waals surface area contributed by atoms with Gasteiger partial charge in [-0.3, -0.25) is 0 Å². The Balaban J connectivity index is 1.12. The van der Waals surface area contributed by atoms with E-state index in [4.69, 9.17) is 9.36 Å². The van der Waals surface area contributed by atoms with Gasteiger partial charge in [0.1, 0.15) is 5.01 Å². The van der Waals surface area contributed by atoms with Crippen LogP contribution in [0.25, 0.3) is 62.3 Å². The van der Waals surface area contributed by atoms with Crippen molar-refractivity contribution in [3.8, 4) is 22.0 Å². The number of hydrogen-bond donors (Lipinski definition) is 0. The zero-order valence-electron chi connectivity index (χ0n) is 23.3. The number of aromatic nitrogens is 2. The number of para-hydroxylation sites is 1. The monoisotopic (exact) mass is 617 g/mol. The van der Waals surface area contributed by atoms with Crippen molar-refractivity contribution >= 4 is 91.6 Å². The van der Waals surface area contributed by atoms with E-state index in [9.17, 15) is 0 Å². The van der Waals surface area contributed by atoms with Crippen molar-refractivity contribution in [1.29, 1.82) is 0 Å². The van der Waals surface area contributed by atoms with Crippen LogP contribution in [-0.4, -0.2) is 9.36 Å². The maximum atomic E-state index is 5.03. The van der Waals surface area contributed by atoms with Gasteiger partial charge in [-0.25, -0.2) is 4.98 Å². The zero-order valence-corrected chi connectivity index (χ0v) is 25.8. The molecule has 0 spiro atoms. The molecule has 0 aliphatic rings. The second-order valence-electron chi connectivity index (χ2n) is 10.7. The van der Waals surface area contributed by atoms with Crippen molar-refractivity contribution < 1.29 is 0 Å². The van der Waals surface area contributed by atoms with Crippen LogP contribution in [0.15, 0.2) is 140 Å². The van der Waals surface area contributed by atoms with E-state index >= 15 is 0 Å². The summed E-state index contributed by atoms with van der Waals surface area (Å²) in [5.74, 6) is 0.745. The Labute approximate surface area is 266 Å². The van der Waals surface area contributed by atoms with Gasteiger partial charge in [0.15, 0.2) is 5.82 Å². The molecule has 3 nitrogen and oxygen atoms in total. The lowest BCUT2D eigenvalue weighted by Gasteiger charge is -2.26. The van der Waals surface area contributed by atoms with Gasteiger partial charge in [0.05, 0.1) is 0 Å². The highest BCUT2D eigenvalue weighted by Gasteiger charge is 2.17. The fourth-order valence-corrected chi connectivity index (χ4v) is 8.83. The van der Waals surface area contributed by atoms with Crippen LogP contribution in [0.4, 0.5) is 17.1 Å². The van der Waals surface area contributed by atoms with Gasteiger partial charge in [-0.05, 0) is 78.3 Å². The first-order valence-electron chi connectivity index (χ1n) is 14.4. The maximum absolute atomic E-state index is 5.03. The molecule has 6 heteroatoms. The molecule has 0 unspecified atom stereocenters. The number of hydrogen-bond acceptors (Lipinski definition) is 6. The van der Waals surface area contributed by atoms with E-state index < -0.39 is 0 Å². The van der Waals surface area contributed by atoms with Crippen LogP contribution >= 0.6 is 34.2 Å². The van der Waals surface area contributed by atoms with E-state index in [0.29, 0.717) is 0 Å². The summed E-state index contributed by atoms with van der Waals surface area (Å²) in [6, 6.07) is 49.8. The van der Waals surface area contributed by atoms with E-state index in [1.807, 2.05) is 22.7 Å². The summed E-state index contributed by atoms with van der Waals surface area (Å²) in [6.45, 7) is 0. The molecule has 0 saturated carbocycles. The summed E-state index contributed by atoms with van der Waals surface area (Å²) in [6.07, 6.45) is 0. The highest BCUT2D eigenvalue weighted by molar-refractivity contribution is 7.26. The number of fused-ring (bicyclic) bond motifs is 6. The fraction of sp³-hybridized carbons (Fsp3) is 0. The lowest BCUT2D eigenvalue weighted by molar-refractivity contribution is 1.28. The van der Waals surface area contributed by atoms with E-state index in [1.54, 1.807) is 0 Å². The van der Waals surface area contributed by atoms with Crippen molar-refractivity contribution in [3.05, 3.63) is 140 Å². The molecule has 0 N–H and O–H groups in total. The summed E-state index contributed by atoms with van der Waals surface area (Å²) in [4.78, 5) is 7.35. The lowest BCUT2D eigenvalue weighted by Crippen LogP contribution is -2.09. The standard InChI is InChI=1S/C38H23N3S3/c1-2-10-26(11-3-1)41(28-18-20-36-32(23-28)30-14-5-7-16-34(30)43-36)27-12-8-9-24(21-27)37-39-38(44-40-37)25-17-19-35-31(22-25)29-13-4-6-15-33(29)42-35/h1-23H. The Morgan fingerprint density at radius 1 is 0.432 bits per heavy atom. The number of anilines is 3. The minimum Gasteiger partial charge on any atom is -0.310 e. The average molecular weight is 618 g/mol. The molecule has 0 fully saturated rings. The van der Waals surface area contributed by atoms with Gasteiger partial charge in [-0.1, -0.05) is 72.8 Å². The van der Waals surface area contributed by atoms with Gasteiger partial charge >= 0.3 is 0 Å². The molecule has 44 heavy (non-hydrogen) atoms. The molecule has 0 aliphatic carbocycles. The normalized spacial score (nSPS) is 11.6. The molecule has 0 saturated heterocycles. The third kappa shape index (κ3) is 4.30. The van der Waals surface area contributed by atoms with Gasteiger partial charge in [0, 0.05) is 68.5 Å². The highest BCUT2D eigenvalue weighted by Crippen LogP contribution is 2.42. The van der Waals surface area contributed by atoms with Crippen LogP contribution in [-0.2, 0) is 0 Å². The van der Waals surface area contributed by atoms with Crippen molar-refractivity contribution in [3.63, 3.8) is 0 Å². The van der Waals surface area contributed by atoms with E-state index in [2.05, 4.69) is 144 Å². The molecule has 0 aliphatic heterocycles. The molecule has 0 amide bonds. The first kappa shape index (κ1) is 25.6. The van der Waals surface area contributed by atoms with Crippen LogP contribution in [0.3, 0.4) is 0 Å². The molecule has 9 aromatic rings. The third-order valence-electron chi connectivity index (χ3n) is 8.05. The summed E-state index contributed by atoms with van der Waals surface area (Å²) in [5, 5.41) is 6.07. The number of nitrogens with zero attached hydrogens (tertiary/aromatic N) is 3. The minimum absolute atomic E-state index is 0.745. The Morgan fingerprint density at radius 2 is 1.05 bits per heavy atom. The van der Waals surface area contributed by atoms with Gasteiger partial charge < -0.3 is 4.90 Å². The first-order chi connectivity index (χ1) is 21.8. The summed E-state index contributed by atoms with van der Waals surface area (Å²) >= 11 is 5.13. The Hall–Kier alpha value is -4.88. The lowest BCUT2D eigenvalue weighted by atomic mass is 10.1. The molecule has 9 rings (SSSR count). The quantitative estimate of drug-likeness (QED) is 0.192. The molecule has 208 valence electrons. The number of benzene rings is 6. The largest absolute Gasteiger partial charge is 0.310 e. The number of rotatable bonds is 5. The third-order valence-corrected chi connectivity index (χ3v) is 11.1. The summed E-state index contributed by atoms with van der Waals surface area (Å²) in [7, 11) is 0. The van der Waals surface area contributed by atoms with Crippen LogP contribution in [0.5, 0.6) is 0 Å². The van der Waals surface area contributed by atoms with Crippen molar-refractivity contribution in [1.82, 2.24) is 9.36 Å². The molecular formula is C38H23N3S3. The number of thiophene rings is 2. The predicted molar refractivity (Wildman–Crippen MR) is 191 cm³/mol. The van der Waals surface area contributed by atoms with E-state index in [0.717, 1.165) is 39.0 Å². The van der Waals surface area contributed by atoms with Crippen LogP contribution in [0, 0.1) is 0 Å². The fourth-order valence-electron chi connectivity index (χ4n) is 5.98. The molecule has 6 aromatic carbocycles. The van der Waals surface area contributed by atoms with Gasteiger partial charge in [-0.2, -0.15) is 4.37 Å². The second kappa shape index (κ2) is 10.4. The van der Waals surface area contributed by atoms with Crippen LogP contribution < -0.4 is 4.90 Å². The smallest absolute Gasteiger partial charge is 0.173 e. The molecular weight excluding hydrogens is 595 g/mol. The molecule has 3 heterocycles. The van der Waals surface area contributed by atoms with Gasteiger partial charge in [-0.15, -0.1) is 22.7 Å². The molecule has 3 aromatic heterocycles. The minimum atomic E-state index is 0.745. The van der Waals surface area contributed by atoms with Crippen LogP contribution in [0.2, 0.25) is 0 Å². The zero-order chi connectivity index (χ0) is 29.0. The maximum Gasteiger partial charge on any atom is 0.173 e. The Bertz CT molecular complexity index is 2470. The second-order valence-corrected chi connectivity index (χ2v) is 13.7. The summed E-state index contributed by atoms with van der Waals surface area (Å²) < 4.78 is 10.0. The van der Waals surface area contributed by atoms with Crippen molar-refractivity contribution in [2.24, 2.45) is 0 Å². The topological polar surface area (TPSA) is 29.0 Å². The Morgan fingerprint density at radius 3 is 1.82 bits per heavy atom. The van der Waals surface area contributed by atoms with Crippen molar-refractivity contribution in [2.45, 2.75) is 0 Å². The van der Waals surface area contributed by atoms with E-state index in [-0.39, 0.29) is 0 Å². The Kier molecular flexibility index (Phi) is 6.04. The van der Waals surface area contributed by atoms with Gasteiger partial charge in [0.2, 0.25) is 0 Å².